The van der Waals surface area contributed by atoms with Gasteiger partial charge in [0.05, 0.1) is 24.6 Å². The third-order valence-corrected chi connectivity index (χ3v) is 4.54. The van der Waals surface area contributed by atoms with Gasteiger partial charge in [-0.2, -0.15) is 15.3 Å². The zero-order valence-electron chi connectivity index (χ0n) is 13.1. The first-order valence-electron chi connectivity index (χ1n) is 8.01. The Bertz CT molecular complexity index is 740. The zero-order valence-corrected chi connectivity index (χ0v) is 13.1. The number of aromatic nitrogens is 5. The summed E-state index contributed by atoms with van der Waals surface area (Å²) in [4.78, 5) is 29.2. The quantitative estimate of drug-likeness (QED) is 0.720. The number of amides is 2. The standard InChI is InChI=1S/C15H17N7O2/c23-14-15(24)21(12-2-1-3-12)9-8-20(14)10-11-4-5-13(19-18-11)22-16-6-7-17-22/h4-7,12H,1-3,8-10H2. The van der Waals surface area contributed by atoms with Crippen LogP contribution in [0.1, 0.15) is 25.0 Å². The molecular formula is C15H17N7O2. The fourth-order valence-corrected chi connectivity index (χ4v) is 2.96. The molecule has 1 saturated carbocycles. The lowest BCUT2D eigenvalue weighted by Gasteiger charge is -2.42. The van der Waals surface area contributed by atoms with Crippen molar-refractivity contribution in [2.45, 2.75) is 31.8 Å². The topological polar surface area (TPSA) is 97.1 Å². The molecule has 0 atom stereocenters. The van der Waals surface area contributed by atoms with Crippen molar-refractivity contribution in [3.8, 4) is 5.82 Å². The highest BCUT2D eigenvalue weighted by Gasteiger charge is 2.38. The second kappa shape index (κ2) is 5.99. The van der Waals surface area contributed by atoms with Gasteiger partial charge in [-0.25, -0.2) is 0 Å². The van der Waals surface area contributed by atoms with E-state index in [-0.39, 0.29) is 12.6 Å². The second-order valence-electron chi connectivity index (χ2n) is 6.01. The number of hydrogen-bond acceptors (Lipinski definition) is 6. The minimum absolute atomic E-state index is 0.254. The van der Waals surface area contributed by atoms with E-state index in [1.807, 2.05) is 0 Å². The average Bonchev–Trinajstić information content (AvgIpc) is 3.08. The van der Waals surface area contributed by atoms with E-state index in [9.17, 15) is 9.59 Å². The molecule has 4 rings (SSSR count). The normalized spacial score (nSPS) is 18.8. The Morgan fingerprint density at radius 3 is 2.42 bits per heavy atom. The van der Waals surface area contributed by atoms with E-state index in [0.29, 0.717) is 24.6 Å². The lowest BCUT2D eigenvalue weighted by atomic mass is 9.91. The number of hydrogen-bond donors (Lipinski definition) is 0. The predicted molar refractivity (Wildman–Crippen MR) is 81.7 cm³/mol. The number of piperazine rings is 1. The number of carbonyl (C=O) groups is 2. The van der Waals surface area contributed by atoms with E-state index in [2.05, 4.69) is 20.4 Å². The van der Waals surface area contributed by atoms with Crippen LogP contribution in [0.15, 0.2) is 24.5 Å². The van der Waals surface area contributed by atoms with E-state index in [1.165, 1.54) is 9.70 Å². The molecule has 2 aromatic heterocycles. The number of carbonyl (C=O) groups excluding carboxylic acids is 2. The highest BCUT2D eigenvalue weighted by atomic mass is 16.2. The molecule has 1 saturated heterocycles. The summed E-state index contributed by atoms with van der Waals surface area (Å²) in [5.74, 6) is -0.343. The van der Waals surface area contributed by atoms with Crippen LogP contribution in [-0.4, -0.2) is 65.9 Å². The maximum absolute atomic E-state index is 12.3. The van der Waals surface area contributed by atoms with Crippen LogP contribution < -0.4 is 0 Å². The van der Waals surface area contributed by atoms with Gasteiger partial charge in [-0.15, -0.1) is 9.90 Å². The van der Waals surface area contributed by atoms with Crippen LogP contribution in [-0.2, 0) is 16.1 Å². The summed E-state index contributed by atoms with van der Waals surface area (Å²) in [5, 5.41) is 16.1. The smallest absolute Gasteiger partial charge is 0.312 e. The second-order valence-corrected chi connectivity index (χ2v) is 6.01. The molecule has 1 aliphatic heterocycles. The Labute approximate surface area is 138 Å². The van der Waals surface area contributed by atoms with Crippen LogP contribution in [0.5, 0.6) is 0 Å². The molecule has 2 fully saturated rings. The molecule has 9 heteroatoms. The fourth-order valence-electron chi connectivity index (χ4n) is 2.96. The largest absolute Gasteiger partial charge is 0.330 e. The SMILES string of the molecule is O=C1C(=O)N(C2CCC2)CCN1Cc1ccc(-n2nccn2)nn1. The van der Waals surface area contributed by atoms with Crippen LogP contribution in [0, 0.1) is 0 Å². The zero-order chi connectivity index (χ0) is 16.5. The Morgan fingerprint density at radius 1 is 1.00 bits per heavy atom. The summed E-state index contributed by atoms with van der Waals surface area (Å²) >= 11 is 0. The Hall–Kier alpha value is -2.84. The molecule has 0 aromatic carbocycles. The van der Waals surface area contributed by atoms with Crippen LogP contribution in [0.2, 0.25) is 0 Å². The summed E-state index contributed by atoms with van der Waals surface area (Å²) in [6, 6.07) is 3.75. The third-order valence-electron chi connectivity index (χ3n) is 4.54. The van der Waals surface area contributed by atoms with E-state index in [1.54, 1.807) is 29.4 Å². The van der Waals surface area contributed by atoms with E-state index >= 15 is 0 Å². The van der Waals surface area contributed by atoms with Gasteiger partial charge in [0.1, 0.15) is 0 Å². The first kappa shape index (κ1) is 14.7. The van der Waals surface area contributed by atoms with Crippen molar-refractivity contribution >= 4 is 11.8 Å². The van der Waals surface area contributed by atoms with Crippen LogP contribution in [0.25, 0.3) is 5.82 Å². The van der Waals surface area contributed by atoms with Crippen molar-refractivity contribution in [1.82, 2.24) is 35.0 Å². The molecule has 0 spiro atoms. The summed E-state index contributed by atoms with van der Waals surface area (Å²) in [5.41, 5.74) is 0.629. The molecule has 124 valence electrons. The highest BCUT2D eigenvalue weighted by molar-refractivity contribution is 6.35. The molecule has 24 heavy (non-hydrogen) atoms. The lowest BCUT2D eigenvalue weighted by Crippen LogP contribution is -2.58. The van der Waals surface area contributed by atoms with Crippen LogP contribution >= 0.6 is 0 Å². The van der Waals surface area contributed by atoms with Crippen molar-refractivity contribution < 1.29 is 9.59 Å². The van der Waals surface area contributed by atoms with Gasteiger partial charge in [-0.3, -0.25) is 9.59 Å². The maximum Gasteiger partial charge on any atom is 0.312 e. The van der Waals surface area contributed by atoms with Gasteiger partial charge in [0.25, 0.3) is 0 Å². The highest BCUT2D eigenvalue weighted by Crippen LogP contribution is 2.26. The van der Waals surface area contributed by atoms with Gasteiger partial charge in [0, 0.05) is 19.1 Å². The van der Waals surface area contributed by atoms with Gasteiger partial charge < -0.3 is 9.80 Å². The minimum atomic E-state index is -0.451. The minimum Gasteiger partial charge on any atom is -0.330 e. The molecule has 9 nitrogen and oxygen atoms in total. The molecular weight excluding hydrogens is 310 g/mol. The first-order chi connectivity index (χ1) is 11.7. The lowest BCUT2D eigenvalue weighted by molar-refractivity contribution is -0.159. The first-order valence-corrected chi connectivity index (χ1v) is 8.01. The summed E-state index contributed by atoms with van der Waals surface area (Å²) in [7, 11) is 0. The average molecular weight is 327 g/mol. The van der Waals surface area contributed by atoms with E-state index < -0.39 is 11.8 Å². The molecule has 2 aromatic rings. The summed E-state index contributed by atoms with van der Waals surface area (Å²) < 4.78 is 0. The molecule has 0 N–H and O–H groups in total. The Balaban J connectivity index is 1.42. The Morgan fingerprint density at radius 2 is 1.79 bits per heavy atom. The number of nitrogens with zero attached hydrogens (tertiary/aromatic N) is 7. The van der Waals surface area contributed by atoms with Crippen molar-refractivity contribution in [3.63, 3.8) is 0 Å². The van der Waals surface area contributed by atoms with Crippen molar-refractivity contribution in [2.75, 3.05) is 13.1 Å². The van der Waals surface area contributed by atoms with E-state index in [0.717, 1.165) is 19.3 Å². The van der Waals surface area contributed by atoms with Crippen molar-refractivity contribution in [1.29, 1.82) is 0 Å². The molecule has 0 unspecified atom stereocenters. The maximum atomic E-state index is 12.3. The fraction of sp³-hybridized carbons (Fsp3) is 0.467. The van der Waals surface area contributed by atoms with Gasteiger partial charge in [-0.1, -0.05) is 0 Å². The molecule has 0 bridgehead atoms. The number of rotatable bonds is 4. The van der Waals surface area contributed by atoms with Crippen LogP contribution in [0.4, 0.5) is 0 Å². The molecule has 2 amide bonds. The summed E-state index contributed by atoms with van der Waals surface area (Å²) in [6.07, 6.45) is 6.27. The van der Waals surface area contributed by atoms with Gasteiger partial charge in [-0.05, 0) is 31.4 Å². The monoisotopic (exact) mass is 327 g/mol. The van der Waals surface area contributed by atoms with Gasteiger partial charge in [0.15, 0.2) is 5.82 Å². The van der Waals surface area contributed by atoms with Gasteiger partial charge in [0.2, 0.25) is 0 Å². The molecule has 1 aliphatic carbocycles. The van der Waals surface area contributed by atoms with Crippen molar-refractivity contribution in [3.05, 3.63) is 30.2 Å². The molecule has 2 aliphatic rings. The molecule has 0 radical (unpaired) electrons. The Kier molecular flexibility index (Phi) is 3.68. The van der Waals surface area contributed by atoms with E-state index in [4.69, 9.17) is 0 Å². The molecule has 3 heterocycles. The van der Waals surface area contributed by atoms with Gasteiger partial charge >= 0.3 is 11.8 Å². The summed E-state index contributed by atoms with van der Waals surface area (Å²) in [6.45, 7) is 1.41. The van der Waals surface area contributed by atoms with Crippen LogP contribution in [0.3, 0.4) is 0 Å². The predicted octanol–water partition coefficient (Wildman–Crippen LogP) is -0.219. The third kappa shape index (κ3) is 2.61. The van der Waals surface area contributed by atoms with Crippen molar-refractivity contribution in [2.24, 2.45) is 0 Å².